The van der Waals surface area contributed by atoms with Crippen molar-refractivity contribution >= 4 is 44.5 Å². The SMILES string of the molecule is CN(C)c1ccc(NNc2ccc(NSC3=CCCC=C3)c(S(=O)(=O)C(F)(F)F)c2)cc1. The number of anilines is 4. The molecule has 0 atom stereocenters. The number of nitrogens with one attached hydrogen (secondary N) is 3. The van der Waals surface area contributed by atoms with E-state index in [9.17, 15) is 21.6 Å². The largest absolute Gasteiger partial charge is 0.501 e. The first-order valence-electron chi connectivity index (χ1n) is 9.62. The predicted molar refractivity (Wildman–Crippen MR) is 125 cm³/mol. The van der Waals surface area contributed by atoms with Gasteiger partial charge in [-0.3, -0.25) is 0 Å². The van der Waals surface area contributed by atoms with Crippen molar-refractivity contribution in [2.75, 3.05) is 34.6 Å². The Labute approximate surface area is 189 Å². The molecule has 2 aromatic rings. The third-order valence-corrected chi connectivity index (χ3v) is 6.94. The zero-order chi connectivity index (χ0) is 23.4. The number of rotatable bonds is 8. The molecule has 0 amide bonds. The van der Waals surface area contributed by atoms with Crippen LogP contribution in [0.5, 0.6) is 0 Å². The first kappa shape index (κ1) is 23.9. The van der Waals surface area contributed by atoms with Crippen LogP contribution < -0.4 is 20.5 Å². The average molecular weight is 485 g/mol. The van der Waals surface area contributed by atoms with Gasteiger partial charge in [0.25, 0.3) is 9.84 Å². The molecule has 1 aliphatic carbocycles. The molecule has 0 radical (unpaired) electrons. The van der Waals surface area contributed by atoms with Crippen molar-refractivity contribution in [2.24, 2.45) is 0 Å². The molecule has 0 saturated heterocycles. The van der Waals surface area contributed by atoms with Gasteiger partial charge in [0.05, 0.1) is 17.1 Å². The highest BCUT2D eigenvalue weighted by molar-refractivity contribution is 8.04. The Kier molecular flexibility index (Phi) is 7.29. The minimum Gasteiger partial charge on any atom is -0.378 e. The molecular weight excluding hydrogens is 461 g/mol. The maximum Gasteiger partial charge on any atom is 0.501 e. The third kappa shape index (κ3) is 5.71. The smallest absolute Gasteiger partial charge is 0.378 e. The Balaban J connectivity index is 1.82. The van der Waals surface area contributed by atoms with Crippen molar-refractivity contribution < 1.29 is 21.6 Å². The molecular formula is C21H23F3N4O2S2. The maximum atomic E-state index is 13.3. The lowest BCUT2D eigenvalue weighted by atomic mass is 10.2. The lowest BCUT2D eigenvalue weighted by Gasteiger charge is -2.17. The molecule has 1 aliphatic rings. The second kappa shape index (κ2) is 9.78. The summed E-state index contributed by atoms with van der Waals surface area (Å²) < 4.78 is 67.0. The van der Waals surface area contributed by atoms with E-state index in [0.717, 1.165) is 41.4 Å². The monoisotopic (exact) mass is 484 g/mol. The van der Waals surface area contributed by atoms with Crippen molar-refractivity contribution in [3.05, 3.63) is 65.6 Å². The third-order valence-electron chi connectivity index (χ3n) is 4.55. The molecule has 0 fully saturated rings. The molecule has 0 bridgehead atoms. The van der Waals surface area contributed by atoms with Crippen LogP contribution >= 0.6 is 11.9 Å². The number of sulfone groups is 1. The molecule has 2 aromatic carbocycles. The summed E-state index contributed by atoms with van der Waals surface area (Å²) in [5, 5.41) is 0. The van der Waals surface area contributed by atoms with Crippen LogP contribution in [-0.2, 0) is 9.84 Å². The minimum absolute atomic E-state index is 0.145. The molecule has 0 saturated carbocycles. The van der Waals surface area contributed by atoms with Crippen LogP contribution in [0.2, 0.25) is 0 Å². The predicted octanol–water partition coefficient (Wildman–Crippen LogP) is 5.78. The second-order valence-electron chi connectivity index (χ2n) is 7.14. The summed E-state index contributed by atoms with van der Waals surface area (Å²) in [6, 6.07) is 11.0. The van der Waals surface area contributed by atoms with E-state index in [4.69, 9.17) is 0 Å². The number of hydrogen-bond acceptors (Lipinski definition) is 7. The molecule has 172 valence electrons. The number of benzene rings is 2. The van der Waals surface area contributed by atoms with Crippen molar-refractivity contribution in [1.29, 1.82) is 0 Å². The first-order chi connectivity index (χ1) is 15.1. The van der Waals surface area contributed by atoms with Crippen LogP contribution in [-0.4, -0.2) is 28.0 Å². The fourth-order valence-corrected chi connectivity index (χ4v) is 4.57. The maximum absolute atomic E-state index is 13.3. The molecule has 0 spiro atoms. The summed E-state index contributed by atoms with van der Waals surface area (Å²) in [6.07, 6.45) is 7.42. The van der Waals surface area contributed by atoms with Crippen LogP contribution in [0.25, 0.3) is 0 Å². The van der Waals surface area contributed by atoms with Crippen molar-refractivity contribution in [3.63, 3.8) is 0 Å². The van der Waals surface area contributed by atoms with Gasteiger partial charge in [-0.2, -0.15) is 13.2 Å². The number of hydrazine groups is 1. The highest BCUT2D eigenvalue weighted by Crippen LogP contribution is 2.37. The highest BCUT2D eigenvalue weighted by Gasteiger charge is 2.48. The standard InChI is InChI=1S/C21H23F3N4O2S2/c1-28(2)17-11-8-15(9-12-17)25-26-16-10-13-19(27-31-18-6-4-3-5-7-18)20(14-16)32(29,30)21(22,23)24/h4,6-14,25-27H,3,5H2,1-2H3. The molecule has 3 rings (SSSR count). The van der Waals surface area contributed by atoms with Crippen LogP contribution in [0.1, 0.15) is 12.8 Å². The van der Waals surface area contributed by atoms with E-state index in [1.807, 2.05) is 49.4 Å². The molecule has 11 heteroatoms. The molecule has 0 unspecified atom stereocenters. The number of alkyl halides is 3. The first-order valence-corrected chi connectivity index (χ1v) is 11.9. The zero-order valence-corrected chi connectivity index (χ0v) is 19.0. The normalized spacial score (nSPS) is 14.0. The molecule has 6 nitrogen and oxygen atoms in total. The van der Waals surface area contributed by atoms with Gasteiger partial charge in [0.1, 0.15) is 4.90 Å². The van der Waals surface area contributed by atoms with Gasteiger partial charge in [-0.1, -0.05) is 18.2 Å². The Hall–Kier alpha value is -2.79. The van der Waals surface area contributed by atoms with Gasteiger partial charge in [-0.15, -0.1) is 0 Å². The second-order valence-corrected chi connectivity index (χ2v) is 9.93. The van der Waals surface area contributed by atoms with Crippen LogP contribution in [0, 0.1) is 0 Å². The van der Waals surface area contributed by atoms with Crippen LogP contribution in [0.4, 0.5) is 35.9 Å². The number of nitrogens with zero attached hydrogens (tertiary/aromatic N) is 1. The fraction of sp³-hybridized carbons (Fsp3) is 0.238. The van der Waals surface area contributed by atoms with Crippen molar-refractivity contribution in [3.8, 4) is 0 Å². The Morgan fingerprint density at radius 3 is 2.22 bits per heavy atom. The molecule has 0 aliphatic heterocycles. The summed E-state index contributed by atoms with van der Waals surface area (Å²) >= 11 is 1.06. The van der Waals surface area contributed by atoms with E-state index in [0.29, 0.717) is 5.69 Å². The van der Waals surface area contributed by atoms with E-state index in [1.54, 1.807) is 12.1 Å². The molecule has 0 heterocycles. The number of halogens is 3. The zero-order valence-electron chi connectivity index (χ0n) is 17.4. The van der Waals surface area contributed by atoms with E-state index in [2.05, 4.69) is 15.6 Å². The highest BCUT2D eigenvalue weighted by atomic mass is 32.2. The molecule has 0 aromatic heterocycles. The van der Waals surface area contributed by atoms with E-state index in [1.165, 1.54) is 12.1 Å². The lowest BCUT2D eigenvalue weighted by molar-refractivity contribution is -0.0435. The molecule has 3 N–H and O–H groups in total. The lowest BCUT2D eigenvalue weighted by Crippen LogP contribution is -2.24. The fourth-order valence-electron chi connectivity index (χ4n) is 2.80. The van der Waals surface area contributed by atoms with Gasteiger partial charge >= 0.3 is 5.51 Å². The quantitative estimate of drug-likeness (QED) is 0.324. The Morgan fingerprint density at radius 2 is 1.62 bits per heavy atom. The Morgan fingerprint density at radius 1 is 0.969 bits per heavy atom. The van der Waals surface area contributed by atoms with Gasteiger partial charge in [0.2, 0.25) is 0 Å². The minimum atomic E-state index is -5.57. The van der Waals surface area contributed by atoms with Crippen molar-refractivity contribution in [2.45, 2.75) is 23.2 Å². The average Bonchev–Trinajstić information content (AvgIpc) is 2.76. The topological polar surface area (TPSA) is 73.5 Å². The summed E-state index contributed by atoms with van der Waals surface area (Å²) in [5.74, 6) is 0. The number of hydrogen-bond donors (Lipinski definition) is 3. The summed E-state index contributed by atoms with van der Waals surface area (Å²) in [4.78, 5) is 1.87. The van der Waals surface area contributed by atoms with Gasteiger partial charge in [0.15, 0.2) is 0 Å². The summed E-state index contributed by atoms with van der Waals surface area (Å²) in [7, 11) is -1.77. The van der Waals surface area contributed by atoms with Crippen LogP contribution in [0.15, 0.2) is 70.5 Å². The summed E-state index contributed by atoms with van der Waals surface area (Å²) in [5.41, 5.74) is 1.84. The van der Waals surface area contributed by atoms with E-state index < -0.39 is 20.2 Å². The van der Waals surface area contributed by atoms with Gasteiger partial charge in [0, 0.05) is 24.7 Å². The number of allylic oxidation sites excluding steroid dienone is 3. The Bertz CT molecular complexity index is 1110. The molecule has 32 heavy (non-hydrogen) atoms. The van der Waals surface area contributed by atoms with Gasteiger partial charge < -0.3 is 20.5 Å². The van der Waals surface area contributed by atoms with Gasteiger partial charge in [-0.25, -0.2) is 8.42 Å². The van der Waals surface area contributed by atoms with Gasteiger partial charge in [-0.05, 0) is 67.3 Å². The van der Waals surface area contributed by atoms with E-state index in [-0.39, 0.29) is 11.4 Å². The van der Waals surface area contributed by atoms with Crippen molar-refractivity contribution in [1.82, 2.24) is 0 Å². The van der Waals surface area contributed by atoms with Crippen LogP contribution in [0.3, 0.4) is 0 Å². The summed E-state index contributed by atoms with van der Waals surface area (Å²) in [6.45, 7) is 0. The van der Waals surface area contributed by atoms with E-state index >= 15 is 0 Å².